The van der Waals surface area contributed by atoms with Crippen LogP contribution >= 0.6 is 0 Å². The fourth-order valence-corrected chi connectivity index (χ4v) is 4.09. The number of ether oxygens (including phenoxy) is 1. The molecule has 0 aliphatic rings. The van der Waals surface area contributed by atoms with Gasteiger partial charge in [0.15, 0.2) is 0 Å². The van der Waals surface area contributed by atoms with Gasteiger partial charge in [0.1, 0.15) is 5.75 Å². The Hall–Kier alpha value is -2.38. The number of hydrogen-bond donors (Lipinski definition) is 1. The molecule has 0 spiro atoms. The minimum atomic E-state index is -3.52. The minimum Gasteiger partial charge on any atom is -0.490 e. The van der Waals surface area contributed by atoms with Crippen molar-refractivity contribution in [1.29, 1.82) is 0 Å². The van der Waals surface area contributed by atoms with Crippen LogP contribution in [-0.4, -0.2) is 37.8 Å². The van der Waals surface area contributed by atoms with Crippen LogP contribution in [0.4, 0.5) is 5.69 Å². The third-order valence-corrected chi connectivity index (χ3v) is 6.01. The van der Waals surface area contributed by atoms with E-state index in [0.29, 0.717) is 30.1 Å². The van der Waals surface area contributed by atoms with E-state index in [1.54, 1.807) is 50.2 Å². The lowest BCUT2D eigenvalue weighted by Gasteiger charge is -2.18. The molecule has 0 saturated heterocycles. The van der Waals surface area contributed by atoms with Crippen molar-refractivity contribution in [3.63, 3.8) is 0 Å². The number of carbonyl (C=O) groups is 1. The van der Waals surface area contributed by atoms with E-state index >= 15 is 0 Å². The number of benzene rings is 2. The van der Waals surface area contributed by atoms with E-state index < -0.39 is 10.0 Å². The SMILES string of the molecule is CCN(CC)S(=O)(=O)c1ccc(NC(=O)c2ccccc2OC(C)C)cc1. The fraction of sp³-hybridized carbons (Fsp3) is 0.350. The predicted octanol–water partition coefficient (Wildman–Crippen LogP) is 3.76. The van der Waals surface area contributed by atoms with E-state index in [2.05, 4.69) is 5.32 Å². The van der Waals surface area contributed by atoms with E-state index in [4.69, 9.17) is 4.74 Å². The van der Waals surface area contributed by atoms with Crippen LogP contribution in [0.3, 0.4) is 0 Å². The molecule has 27 heavy (non-hydrogen) atoms. The summed E-state index contributed by atoms with van der Waals surface area (Å²) in [5.41, 5.74) is 0.934. The molecule has 0 saturated carbocycles. The van der Waals surface area contributed by atoms with Gasteiger partial charge in [0, 0.05) is 18.8 Å². The number of sulfonamides is 1. The molecular weight excluding hydrogens is 364 g/mol. The Bertz CT molecular complexity index is 873. The molecule has 0 atom stereocenters. The third kappa shape index (κ3) is 5.08. The average molecular weight is 391 g/mol. The van der Waals surface area contributed by atoms with Gasteiger partial charge in [-0.05, 0) is 50.2 Å². The largest absolute Gasteiger partial charge is 0.490 e. The Morgan fingerprint density at radius 1 is 1.04 bits per heavy atom. The average Bonchev–Trinajstić information content (AvgIpc) is 2.63. The summed E-state index contributed by atoms with van der Waals surface area (Å²) in [4.78, 5) is 12.8. The number of nitrogens with one attached hydrogen (secondary N) is 1. The highest BCUT2D eigenvalue weighted by atomic mass is 32.2. The molecule has 146 valence electrons. The van der Waals surface area contributed by atoms with Gasteiger partial charge in [-0.3, -0.25) is 4.79 Å². The molecule has 0 aliphatic heterocycles. The zero-order valence-corrected chi connectivity index (χ0v) is 16.9. The van der Waals surface area contributed by atoms with Crippen LogP contribution in [0.5, 0.6) is 5.75 Å². The molecule has 0 aliphatic carbocycles. The molecule has 0 heterocycles. The van der Waals surface area contributed by atoms with Crippen LogP contribution < -0.4 is 10.1 Å². The van der Waals surface area contributed by atoms with Crippen molar-refractivity contribution >= 4 is 21.6 Å². The van der Waals surface area contributed by atoms with Crippen LogP contribution in [0.2, 0.25) is 0 Å². The Kier molecular flexibility index (Phi) is 6.98. The van der Waals surface area contributed by atoms with Crippen molar-refractivity contribution in [3.8, 4) is 5.75 Å². The monoisotopic (exact) mass is 390 g/mol. The van der Waals surface area contributed by atoms with Gasteiger partial charge in [-0.2, -0.15) is 4.31 Å². The second kappa shape index (κ2) is 9.01. The zero-order chi connectivity index (χ0) is 20.0. The summed E-state index contributed by atoms with van der Waals surface area (Å²) < 4.78 is 32.1. The molecule has 0 aromatic heterocycles. The van der Waals surface area contributed by atoms with E-state index in [1.165, 1.54) is 16.4 Å². The lowest BCUT2D eigenvalue weighted by molar-refractivity contribution is 0.102. The fourth-order valence-electron chi connectivity index (χ4n) is 2.63. The quantitative estimate of drug-likeness (QED) is 0.745. The van der Waals surface area contributed by atoms with Crippen molar-refractivity contribution in [2.75, 3.05) is 18.4 Å². The smallest absolute Gasteiger partial charge is 0.259 e. The number of para-hydroxylation sites is 1. The molecule has 6 nitrogen and oxygen atoms in total. The Balaban J connectivity index is 2.19. The molecule has 0 bridgehead atoms. The maximum Gasteiger partial charge on any atom is 0.259 e. The lowest BCUT2D eigenvalue weighted by atomic mass is 10.1. The summed E-state index contributed by atoms with van der Waals surface area (Å²) in [5.74, 6) is 0.191. The first-order valence-electron chi connectivity index (χ1n) is 8.96. The number of nitrogens with zero attached hydrogens (tertiary/aromatic N) is 1. The molecule has 0 fully saturated rings. The van der Waals surface area contributed by atoms with E-state index in [1.807, 2.05) is 13.8 Å². The molecule has 2 rings (SSSR count). The number of hydrogen-bond acceptors (Lipinski definition) is 4. The Morgan fingerprint density at radius 2 is 1.63 bits per heavy atom. The standard InChI is InChI=1S/C20H26N2O4S/c1-5-22(6-2)27(24,25)17-13-11-16(12-14-17)21-20(23)18-9-7-8-10-19(18)26-15(3)4/h7-15H,5-6H2,1-4H3,(H,21,23). The highest BCUT2D eigenvalue weighted by molar-refractivity contribution is 7.89. The maximum atomic E-state index is 12.6. The predicted molar refractivity (Wildman–Crippen MR) is 107 cm³/mol. The number of anilines is 1. The third-order valence-electron chi connectivity index (χ3n) is 3.95. The summed E-state index contributed by atoms with van der Waals surface area (Å²) in [6.45, 7) is 8.19. The zero-order valence-electron chi connectivity index (χ0n) is 16.1. The Labute approximate surface area is 161 Å². The Morgan fingerprint density at radius 3 is 2.19 bits per heavy atom. The van der Waals surface area contributed by atoms with E-state index in [-0.39, 0.29) is 16.9 Å². The van der Waals surface area contributed by atoms with Gasteiger partial charge in [-0.15, -0.1) is 0 Å². The summed E-state index contributed by atoms with van der Waals surface area (Å²) in [5, 5.41) is 2.78. The molecule has 2 aromatic rings. The summed E-state index contributed by atoms with van der Waals surface area (Å²) in [6, 6.07) is 13.2. The van der Waals surface area contributed by atoms with Gasteiger partial charge in [0.2, 0.25) is 10.0 Å². The molecule has 0 unspecified atom stereocenters. The van der Waals surface area contributed by atoms with Gasteiger partial charge in [0.25, 0.3) is 5.91 Å². The van der Waals surface area contributed by atoms with Crippen LogP contribution in [0.1, 0.15) is 38.1 Å². The lowest BCUT2D eigenvalue weighted by Crippen LogP contribution is -2.30. The van der Waals surface area contributed by atoms with Crippen LogP contribution in [0.15, 0.2) is 53.4 Å². The molecule has 0 radical (unpaired) electrons. The molecule has 7 heteroatoms. The van der Waals surface area contributed by atoms with Crippen molar-refractivity contribution in [3.05, 3.63) is 54.1 Å². The summed E-state index contributed by atoms with van der Waals surface area (Å²) in [6.07, 6.45) is -0.0523. The summed E-state index contributed by atoms with van der Waals surface area (Å²) in [7, 11) is -3.52. The number of carbonyl (C=O) groups excluding carboxylic acids is 1. The normalized spacial score (nSPS) is 11.6. The van der Waals surface area contributed by atoms with E-state index in [0.717, 1.165) is 0 Å². The van der Waals surface area contributed by atoms with Crippen LogP contribution in [-0.2, 0) is 10.0 Å². The topological polar surface area (TPSA) is 75.7 Å². The van der Waals surface area contributed by atoms with Gasteiger partial charge in [-0.1, -0.05) is 26.0 Å². The minimum absolute atomic E-state index is 0.0523. The van der Waals surface area contributed by atoms with Gasteiger partial charge >= 0.3 is 0 Å². The first-order chi connectivity index (χ1) is 12.8. The van der Waals surface area contributed by atoms with Crippen molar-refractivity contribution < 1.29 is 17.9 Å². The molecular formula is C20H26N2O4S. The highest BCUT2D eigenvalue weighted by Crippen LogP contribution is 2.22. The van der Waals surface area contributed by atoms with Gasteiger partial charge < -0.3 is 10.1 Å². The van der Waals surface area contributed by atoms with Crippen LogP contribution in [0, 0.1) is 0 Å². The number of amides is 1. The van der Waals surface area contributed by atoms with Crippen LogP contribution in [0.25, 0.3) is 0 Å². The second-order valence-corrected chi connectivity index (χ2v) is 8.17. The first-order valence-corrected chi connectivity index (χ1v) is 10.4. The van der Waals surface area contributed by atoms with Gasteiger partial charge in [0.05, 0.1) is 16.6 Å². The molecule has 1 N–H and O–H groups in total. The van der Waals surface area contributed by atoms with Crippen molar-refractivity contribution in [2.45, 2.75) is 38.7 Å². The molecule has 2 aromatic carbocycles. The molecule has 1 amide bonds. The second-order valence-electron chi connectivity index (χ2n) is 6.23. The number of rotatable bonds is 8. The summed E-state index contributed by atoms with van der Waals surface area (Å²) >= 11 is 0. The van der Waals surface area contributed by atoms with Gasteiger partial charge in [-0.25, -0.2) is 8.42 Å². The first kappa shape index (κ1) is 20.9. The van der Waals surface area contributed by atoms with Crippen molar-refractivity contribution in [1.82, 2.24) is 4.31 Å². The highest BCUT2D eigenvalue weighted by Gasteiger charge is 2.21. The van der Waals surface area contributed by atoms with E-state index in [9.17, 15) is 13.2 Å². The maximum absolute atomic E-state index is 12.6. The van der Waals surface area contributed by atoms with Crippen molar-refractivity contribution in [2.24, 2.45) is 0 Å².